The third-order valence-electron chi connectivity index (χ3n) is 2.98. The van der Waals surface area contributed by atoms with E-state index in [1.54, 1.807) is 12.3 Å². The van der Waals surface area contributed by atoms with E-state index in [-0.39, 0.29) is 5.91 Å². The van der Waals surface area contributed by atoms with Gasteiger partial charge in [0, 0.05) is 31.5 Å². The summed E-state index contributed by atoms with van der Waals surface area (Å²) in [5, 5.41) is 6.06. The van der Waals surface area contributed by atoms with Gasteiger partial charge in [-0.3, -0.25) is 9.78 Å². The van der Waals surface area contributed by atoms with Gasteiger partial charge in [-0.15, -0.1) is 0 Å². The number of hydrogen-bond acceptors (Lipinski definition) is 4. The van der Waals surface area contributed by atoms with Gasteiger partial charge in [0.15, 0.2) is 0 Å². The van der Waals surface area contributed by atoms with Crippen LogP contribution in [0.1, 0.15) is 31.3 Å². The van der Waals surface area contributed by atoms with Gasteiger partial charge in [0.1, 0.15) is 5.69 Å². The van der Waals surface area contributed by atoms with E-state index < -0.39 is 0 Å². The van der Waals surface area contributed by atoms with Crippen molar-refractivity contribution < 1.29 is 4.79 Å². The minimum Gasteiger partial charge on any atom is -0.384 e. The van der Waals surface area contributed by atoms with Crippen LogP contribution in [0.3, 0.4) is 0 Å². The maximum atomic E-state index is 11.7. The molecule has 0 aliphatic heterocycles. The third-order valence-corrected chi connectivity index (χ3v) is 2.98. The van der Waals surface area contributed by atoms with Crippen LogP contribution in [0.2, 0.25) is 0 Å². The lowest BCUT2D eigenvalue weighted by atomic mass is 10.3. The molecular weight excluding hydrogens is 240 g/mol. The predicted octanol–water partition coefficient (Wildman–Crippen LogP) is 1.58. The van der Waals surface area contributed by atoms with Crippen LogP contribution in [-0.4, -0.2) is 48.5 Å². The first-order valence-corrected chi connectivity index (χ1v) is 6.91. The van der Waals surface area contributed by atoms with Crippen molar-refractivity contribution in [1.82, 2.24) is 15.2 Å². The zero-order valence-electron chi connectivity index (χ0n) is 12.1. The van der Waals surface area contributed by atoms with Crippen molar-refractivity contribution >= 4 is 11.6 Å². The van der Waals surface area contributed by atoms with Gasteiger partial charge < -0.3 is 15.5 Å². The molecule has 0 fully saturated rings. The first-order valence-electron chi connectivity index (χ1n) is 6.91. The Hall–Kier alpha value is -1.62. The minimum atomic E-state index is -0.130. The molecule has 106 valence electrons. The quantitative estimate of drug-likeness (QED) is 0.748. The molecule has 5 nitrogen and oxygen atoms in total. The summed E-state index contributed by atoms with van der Waals surface area (Å²) in [4.78, 5) is 18.1. The van der Waals surface area contributed by atoms with E-state index in [0.717, 1.165) is 31.9 Å². The first-order chi connectivity index (χ1) is 9.21. The highest BCUT2D eigenvalue weighted by Crippen LogP contribution is 2.07. The maximum Gasteiger partial charge on any atom is 0.269 e. The molecule has 19 heavy (non-hydrogen) atoms. The van der Waals surface area contributed by atoms with Gasteiger partial charge in [-0.2, -0.15) is 0 Å². The molecule has 0 atom stereocenters. The van der Waals surface area contributed by atoms with Crippen LogP contribution in [-0.2, 0) is 0 Å². The Balaban J connectivity index is 2.50. The van der Waals surface area contributed by atoms with Crippen LogP contribution in [0.25, 0.3) is 0 Å². The van der Waals surface area contributed by atoms with Crippen LogP contribution in [0.15, 0.2) is 18.3 Å². The highest BCUT2D eigenvalue weighted by atomic mass is 16.1. The molecule has 2 N–H and O–H groups in total. The molecule has 0 spiro atoms. The number of likely N-dealkylation sites (N-methyl/N-ethyl adjacent to an activating group) is 1. The summed E-state index contributed by atoms with van der Waals surface area (Å²) in [6.07, 6.45) is 1.66. The Labute approximate surface area is 115 Å². The molecule has 5 heteroatoms. The second-order valence-electron chi connectivity index (χ2n) is 4.24. The van der Waals surface area contributed by atoms with E-state index in [4.69, 9.17) is 0 Å². The molecule has 1 heterocycles. The van der Waals surface area contributed by atoms with E-state index in [9.17, 15) is 4.79 Å². The van der Waals surface area contributed by atoms with Crippen LogP contribution >= 0.6 is 0 Å². The van der Waals surface area contributed by atoms with Crippen molar-refractivity contribution in [3.05, 3.63) is 24.0 Å². The van der Waals surface area contributed by atoms with E-state index in [1.807, 2.05) is 13.0 Å². The largest absolute Gasteiger partial charge is 0.384 e. The molecule has 0 aliphatic carbocycles. The molecule has 1 aromatic rings. The van der Waals surface area contributed by atoms with Crippen LogP contribution in [0.5, 0.6) is 0 Å². The molecule has 0 unspecified atom stereocenters. The van der Waals surface area contributed by atoms with Crippen molar-refractivity contribution in [2.24, 2.45) is 0 Å². The molecule has 0 aromatic carbocycles. The Morgan fingerprint density at radius 2 is 2.05 bits per heavy atom. The van der Waals surface area contributed by atoms with Crippen molar-refractivity contribution in [2.45, 2.75) is 20.8 Å². The molecule has 0 saturated heterocycles. The van der Waals surface area contributed by atoms with Gasteiger partial charge in [-0.1, -0.05) is 13.8 Å². The van der Waals surface area contributed by atoms with Crippen molar-refractivity contribution in [3.63, 3.8) is 0 Å². The van der Waals surface area contributed by atoms with Gasteiger partial charge in [-0.25, -0.2) is 0 Å². The van der Waals surface area contributed by atoms with Crippen LogP contribution in [0, 0.1) is 0 Å². The first kappa shape index (κ1) is 15.4. The van der Waals surface area contributed by atoms with Crippen LogP contribution < -0.4 is 10.6 Å². The van der Waals surface area contributed by atoms with E-state index in [1.165, 1.54) is 0 Å². The molecule has 0 bridgehead atoms. The zero-order chi connectivity index (χ0) is 14.1. The number of aromatic nitrogens is 1. The summed E-state index contributed by atoms with van der Waals surface area (Å²) in [6, 6.07) is 3.66. The van der Waals surface area contributed by atoms with Gasteiger partial charge in [-0.05, 0) is 32.1 Å². The summed E-state index contributed by atoms with van der Waals surface area (Å²) >= 11 is 0. The molecule has 1 rings (SSSR count). The number of carbonyl (C=O) groups excluding carboxylic acids is 1. The number of amides is 1. The fraction of sp³-hybridized carbons (Fsp3) is 0.571. The number of hydrogen-bond donors (Lipinski definition) is 2. The summed E-state index contributed by atoms with van der Waals surface area (Å²) in [7, 11) is 0. The van der Waals surface area contributed by atoms with Gasteiger partial charge in [0.25, 0.3) is 5.91 Å². The highest BCUT2D eigenvalue weighted by molar-refractivity contribution is 5.93. The average molecular weight is 264 g/mol. The van der Waals surface area contributed by atoms with Crippen molar-refractivity contribution in [3.8, 4) is 0 Å². The van der Waals surface area contributed by atoms with Gasteiger partial charge in [0.2, 0.25) is 0 Å². The molecular formula is C14H24N4O. The van der Waals surface area contributed by atoms with Gasteiger partial charge in [0.05, 0.1) is 0 Å². The summed E-state index contributed by atoms with van der Waals surface area (Å²) in [5.74, 6) is -0.130. The Bertz CT molecular complexity index is 391. The topological polar surface area (TPSA) is 57.3 Å². The standard InChI is InChI=1S/C14H24N4O/c1-4-15-14(19)13-11-12(7-8-17-13)16-9-10-18(5-2)6-3/h7-8,11H,4-6,9-10H2,1-3H3,(H,15,19)(H,16,17). The number of pyridine rings is 1. The number of anilines is 1. The molecule has 1 amide bonds. The van der Waals surface area contributed by atoms with Gasteiger partial charge >= 0.3 is 0 Å². The van der Waals surface area contributed by atoms with Crippen molar-refractivity contribution in [2.75, 3.05) is 38.0 Å². The average Bonchev–Trinajstić information content (AvgIpc) is 2.44. The normalized spacial score (nSPS) is 10.5. The molecule has 0 saturated carbocycles. The summed E-state index contributed by atoms with van der Waals surface area (Å²) < 4.78 is 0. The molecule has 0 aliphatic rings. The summed E-state index contributed by atoms with van der Waals surface area (Å²) in [5.41, 5.74) is 1.39. The Kier molecular flexibility index (Phi) is 6.89. The molecule has 0 radical (unpaired) electrons. The lowest BCUT2D eigenvalue weighted by molar-refractivity contribution is 0.0951. The van der Waals surface area contributed by atoms with Crippen LogP contribution in [0.4, 0.5) is 5.69 Å². The van der Waals surface area contributed by atoms with E-state index >= 15 is 0 Å². The lowest BCUT2D eigenvalue weighted by Gasteiger charge is -2.18. The summed E-state index contributed by atoms with van der Waals surface area (Å²) in [6.45, 7) is 10.8. The number of nitrogens with one attached hydrogen (secondary N) is 2. The van der Waals surface area contributed by atoms with E-state index in [2.05, 4.69) is 34.4 Å². The highest BCUT2D eigenvalue weighted by Gasteiger charge is 2.06. The van der Waals surface area contributed by atoms with E-state index in [0.29, 0.717) is 12.2 Å². The monoisotopic (exact) mass is 264 g/mol. The zero-order valence-corrected chi connectivity index (χ0v) is 12.1. The Morgan fingerprint density at radius 1 is 1.32 bits per heavy atom. The third kappa shape index (κ3) is 5.26. The van der Waals surface area contributed by atoms with Crippen molar-refractivity contribution in [1.29, 1.82) is 0 Å². The number of carbonyl (C=O) groups is 1. The fourth-order valence-corrected chi connectivity index (χ4v) is 1.81. The smallest absolute Gasteiger partial charge is 0.269 e. The second-order valence-corrected chi connectivity index (χ2v) is 4.24. The second kappa shape index (κ2) is 8.48. The number of rotatable bonds is 8. The number of nitrogens with zero attached hydrogens (tertiary/aromatic N) is 2. The molecule has 1 aromatic heterocycles. The fourth-order valence-electron chi connectivity index (χ4n) is 1.81. The SMILES string of the molecule is CCNC(=O)c1cc(NCCN(CC)CC)ccn1. The maximum absolute atomic E-state index is 11.7. The lowest BCUT2D eigenvalue weighted by Crippen LogP contribution is -2.28. The predicted molar refractivity (Wildman–Crippen MR) is 78.5 cm³/mol. The minimum absolute atomic E-state index is 0.130. The Morgan fingerprint density at radius 3 is 2.68 bits per heavy atom.